The number of rotatable bonds is 5. The van der Waals surface area contributed by atoms with Gasteiger partial charge in [0.25, 0.3) is 0 Å². The van der Waals surface area contributed by atoms with Gasteiger partial charge in [-0.3, -0.25) is 4.79 Å². The summed E-state index contributed by atoms with van der Waals surface area (Å²) in [6.45, 7) is 2.96. The lowest BCUT2D eigenvalue weighted by Crippen LogP contribution is -2.49. The van der Waals surface area contributed by atoms with Crippen LogP contribution in [0.5, 0.6) is 0 Å². The first kappa shape index (κ1) is 18.2. The Morgan fingerprint density at radius 3 is 2.67 bits per heavy atom. The summed E-state index contributed by atoms with van der Waals surface area (Å²) in [6.07, 6.45) is 2.10. The molecule has 5 nitrogen and oxygen atoms in total. The molecule has 0 aliphatic carbocycles. The van der Waals surface area contributed by atoms with Gasteiger partial charge in [-0.1, -0.05) is 0 Å². The number of anilines is 1. The summed E-state index contributed by atoms with van der Waals surface area (Å²) in [5.41, 5.74) is 0. The van der Waals surface area contributed by atoms with Crippen LogP contribution in [0.4, 0.5) is 10.2 Å². The topological polar surface area (TPSA) is 49.3 Å². The van der Waals surface area contributed by atoms with Gasteiger partial charge in [0.2, 0.25) is 5.91 Å². The van der Waals surface area contributed by atoms with Crippen molar-refractivity contribution >= 4 is 45.0 Å². The van der Waals surface area contributed by atoms with Gasteiger partial charge in [0.1, 0.15) is 22.8 Å². The summed E-state index contributed by atoms with van der Waals surface area (Å²) < 4.78 is 12.9. The van der Waals surface area contributed by atoms with Crippen molar-refractivity contribution in [1.29, 1.82) is 0 Å². The van der Waals surface area contributed by atoms with Crippen LogP contribution in [0, 0.1) is 5.82 Å². The fourth-order valence-electron chi connectivity index (χ4n) is 3.14. The van der Waals surface area contributed by atoms with E-state index in [4.69, 9.17) is 0 Å². The molecular formula is C19H19FN4OS2. The third-order valence-electron chi connectivity index (χ3n) is 4.57. The van der Waals surface area contributed by atoms with Gasteiger partial charge < -0.3 is 9.80 Å². The molecule has 1 amide bonds. The van der Waals surface area contributed by atoms with Gasteiger partial charge in [-0.15, -0.1) is 23.1 Å². The third kappa shape index (κ3) is 4.22. The van der Waals surface area contributed by atoms with Crippen LogP contribution >= 0.6 is 23.1 Å². The van der Waals surface area contributed by atoms with Crippen molar-refractivity contribution in [2.45, 2.75) is 11.3 Å². The van der Waals surface area contributed by atoms with Gasteiger partial charge in [0, 0.05) is 43.2 Å². The number of fused-ring (bicyclic) bond motifs is 1. The van der Waals surface area contributed by atoms with Crippen LogP contribution in [0.2, 0.25) is 0 Å². The molecule has 1 aliphatic heterocycles. The number of hydrogen-bond acceptors (Lipinski definition) is 6. The second-order valence-corrected chi connectivity index (χ2v) is 8.32. The smallest absolute Gasteiger partial charge is 0.223 e. The van der Waals surface area contributed by atoms with Crippen LogP contribution in [0.1, 0.15) is 6.42 Å². The highest BCUT2D eigenvalue weighted by Gasteiger charge is 2.23. The van der Waals surface area contributed by atoms with E-state index in [1.54, 1.807) is 41.6 Å². The Morgan fingerprint density at radius 1 is 1.11 bits per heavy atom. The number of benzene rings is 1. The maximum Gasteiger partial charge on any atom is 0.223 e. The highest BCUT2D eigenvalue weighted by molar-refractivity contribution is 7.99. The van der Waals surface area contributed by atoms with Crippen molar-refractivity contribution in [1.82, 2.24) is 14.9 Å². The standard InChI is InChI=1S/C19H19FN4OS2/c20-14-1-3-15(4-2-14)26-12-6-17(25)23-7-9-24(10-8-23)18-16-5-11-27-19(16)22-13-21-18/h1-5,11,13H,6-10,12H2. The zero-order valence-corrected chi connectivity index (χ0v) is 16.3. The Kier molecular flexibility index (Phi) is 5.54. The highest BCUT2D eigenvalue weighted by atomic mass is 32.2. The van der Waals surface area contributed by atoms with Gasteiger partial charge in [-0.05, 0) is 35.7 Å². The van der Waals surface area contributed by atoms with Gasteiger partial charge in [-0.25, -0.2) is 14.4 Å². The summed E-state index contributed by atoms with van der Waals surface area (Å²) in [4.78, 5) is 27.3. The van der Waals surface area contributed by atoms with Crippen molar-refractivity contribution in [3.05, 3.63) is 47.9 Å². The molecule has 140 valence electrons. The minimum absolute atomic E-state index is 0.174. The lowest BCUT2D eigenvalue weighted by atomic mass is 10.2. The number of hydrogen-bond donors (Lipinski definition) is 0. The average molecular weight is 403 g/mol. The average Bonchev–Trinajstić information content (AvgIpc) is 3.18. The van der Waals surface area contributed by atoms with Crippen LogP contribution in [0.3, 0.4) is 0 Å². The van der Waals surface area contributed by atoms with E-state index < -0.39 is 0 Å². The van der Waals surface area contributed by atoms with Crippen molar-refractivity contribution in [2.75, 3.05) is 36.8 Å². The number of piperazine rings is 1. The molecule has 3 aromatic rings. The molecule has 0 unspecified atom stereocenters. The monoisotopic (exact) mass is 402 g/mol. The normalized spacial score (nSPS) is 14.7. The molecule has 2 aromatic heterocycles. The summed E-state index contributed by atoms with van der Waals surface area (Å²) in [7, 11) is 0. The summed E-state index contributed by atoms with van der Waals surface area (Å²) in [5, 5.41) is 3.11. The van der Waals surface area contributed by atoms with E-state index >= 15 is 0 Å². The Bertz CT molecular complexity index is 923. The molecule has 0 radical (unpaired) electrons. The summed E-state index contributed by atoms with van der Waals surface area (Å²) >= 11 is 3.19. The zero-order chi connectivity index (χ0) is 18.6. The molecule has 8 heteroatoms. The van der Waals surface area contributed by atoms with Gasteiger partial charge in [-0.2, -0.15) is 0 Å². The molecule has 0 spiro atoms. The third-order valence-corrected chi connectivity index (χ3v) is 6.41. The molecule has 3 heterocycles. The van der Waals surface area contributed by atoms with Crippen molar-refractivity contribution < 1.29 is 9.18 Å². The number of aromatic nitrogens is 2. The van der Waals surface area contributed by atoms with E-state index in [9.17, 15) is 9.18 Å². The number of thioether (sulfide) groups is 1. The Labute approximate surface area is 165 Å². The van der Waals surface area contributed by atoms with E-state index in [2.05, 4.69) is 20.9 Å². The number of carbonyl (C=O) groups excluding carboxylic acids is 1. The largest absolute Gasteiger partial charge is 0.352 e. The maximum absolute atomic E-state index is 12.9. The van der Waals surface area contributed by atoms with E-state index in [1.807, 2.05) is 10.3 Å². The van der Waals surface area contributed by atoms with Crippen LogP contribution < -0.4 is 4.90 Å². The van der Waals surface area contributed by atoms with E-state index in [1.165, 1.54) is 12.1 Å². The Hall–Kier alpha value is -2.19. The van der Waals surface area contributed by atoms with Crippen molar-refractivity contribution in [2.24, 2.45) is 0 Å². The van der Waals surface area contributed by atoms with E-state index in [0.717, 1.165) is 34.0 Å². The predicted molar refractivity (Wildman–Crippen MR) is 108 cm³/mol. The zero-order valence-electron chi connectivity index (χ0n) is 14.7. The van der Waals surface area contributed by atoms with Gasteiger partial charge in [0.05, 0.1) is 5.39 Å². The number of amides is 1. The lowest BCUT2D eigenvalue weighted by molar-refractivity contribution is -0.131. The molecule has 4 rings (SSSR count). The number of carbonyl (C=O) groups is 1. The first-order valence-corrected chi connectivity index (χ1v) is 10.7. The minimum Gasteiger partial charge on any atom is -0.352 e. The van der Waals surface area contributed by atoms with Crippen molar-refractivity contribution in [3.8, 4) is 0 Å². The fraction of sp³-hybridized carbons (Fsp3) is 0.316. The lowest BCUT2D eigenvalue weighted by Gasteiger charge is -2.35. The highest BCUT2D eigenvalue weighted by Crippen LogP contribution is 2.27. The number of halogens is 1. The molecule has 1 fully saturated rings. The van der Waals surface area contributed by atoms with Crippen LogP contribution in [0.15, 0.2) is 46.9 Å². The van der Waals surface area contributed by atoms with Crippen molar-refractivity contribution in [3.63, 3.8) is 0 Å². The molecule has 1 aromatic carbocycles. The Morgan fingerprint density at radius 2 is 1.89 bits per heavy atom. The van der Waals surface area contributed by atoms with Crippen LogP contribution in [0.25, 0.3) is 10.2 Å². The molecule has 27 heavy (non-hydrogen) atoms. The molecule has 0 N–H and O–H groups in total. The predicted octanol–water partition coefficient (Wildman–Crippen LogP) is 3.66. The Balaban J connectivity index is 1.28. The fourth-order valence-corrected chi connectivity index (χ4v) is 4.71. The molecular weight excluding hydrogens is 383 g/mol. The molecule has 1 saturated heterocycles. The summed E-state index contributed by atoms with van der Waals surface area (Å²) in [5.74, 6) is 1.59. The van der Waals surface area contributed by atoms with E-state index in [-0.39, 0.29) is 11.7 Å². The molecule has 1 aliphatic rings. The first-order chi connectivity index (χ1) is 13.2. The second kappa shape index (κ2) is 8.22. The van der Waals surface area contributed by atoms with Crippen LogP contribution in [-0.2, 0) is 4.79 Å². The quantitative estimate of drug-likeness (QED) is 0.610. The molecule has 0 saturated carbocycles. The van der Waals surface area contributed by atoms with E-state index in [0.29, 0.717) is 25.3 Å². The molecule has 0 atom stereocenters. The van der Waals surface area contributed by atoms with Crippen LogP contribution in [-0.4, -0.2) is 52.7 Å². The second-order valence-electron chi connectivity index (χ2n) is 6.26. The molecule has 0 bridgehead atoms. The maximum atomic E-state index is 12.9. The number of nitrogens with zero attached hydrogens (tertiary/aromatic N) is 4. The first-order valence-electron chi connectivity index (χ1n) is 8.80. The SMILES string of the molecule is O=C(CCSc1ccc(F)cc1)N1CCN(c2ncnc3sccc23)CC1. The van der Waals surface area contributed by atoms with Gasteiger partial charge in [0.15, 0.2) is 0 Å². The minimum atomic E-state index is -0.239. The van der Waals surface area contributed by atoms with Gasteiger partial charge >= 0.3 is 0 Å². The number of thiophene rings is 1. The summed E-state index contributed by atoms with van der Waals surface area (Å²) in [6, 6.07) is 8.44.